The summed E-state index contributed by atoms with van der Waals surface area (Å²) in [6, 6.07) is 10.7. The van der Waals surface area contributed by atoms with Crippen molar-refractivity contribution >= 4 is 0 Å². The molecule has 1 fully saturated rings. The van der Waals surface area contributed by atoms with Crippen LogP contribution in [0.2, 0.25) is 0 Å². The number of fused-ring (bicyclic) bond motifs is 1. The molecule has 3 rings (SSSR count). The fourth-order valence-electron chi connectivity index (χ4n) is 4.22. The van der Waals surface area contributed by atoms with E-state index in [4.69, 9.17) is 0 Å². The highest BCUT2D eigenvalue weighted by Gasteiger charge is 2.54. The highest BCUT2D eigenvalue weighted by Crippen LogP contribution is 2.54. The predicted octanol–water partition coefficient (Wildman–Crippen LogP) is 4.07. The van der Waals surface area contributed by atoms with Gasteiger partial charge in [0.25, 0.3) is 0 Å². The molecule has 0 saturated heterocycles. The van der Waals surface area contributed by atoms with Crippen molar-refractivity contribution in [2.75, 3.05) is 0 Å². The molecule has 20 heavy (non-hydrogen) atoms. The van der Waals surface area contributed by atoms with Crippen molar-refractivity contribution in [2.45, 2.75) is 63.4 Å². The van der Waals surface area contributed by atoms with Gasteiger partial charge in [-0.2, -0.15) is 5.26 Å². The fourth-order valence-corrected chi connectivity index (χ4v) is 4.22. The summed E-state index contributed by atoms with van der Waals surface area (Å²) in [6.45, 7) is 0. The van der Waals surface area contributed by atoms with Gasteiger partial charge in [-0.3, -0.25) is 0 Å². The molecule has 1 N–H and O–H groups in total. The lowest BCUT2D eigenvalue weighted by Gasteiger charge is -2.42. The Kier molecular flexibility index (Phi) is 3.56. The van der Waals surface area contributed by atoms with E-state index in [0.29, 0.717) is 6.42 Å². The molecule has 0 radical (unpaired) electrons. The Bertz CT molecular complexity index is 522. The van der Waals surface area contributed by atoms with Crippen LogP contribution in [0, 0.1) is 16.7 Å². The van der Waals surface area contributed by atoms with Crippen LogP contribution >= 0.6 is 0 Å². The molecule has 1 saturated carbocycles. The molecular weight excluding hydrogens is 246 g/mol. The number of nitriles is 1. The second-order valence-corrected chi connectivity index (χ2v) is 6.48. The maximum Gasteiger partial charge on any atom is 0.109 e. The summed E-state index contributed by atoms with van der Waals surface area (Å²) < 4.78 is 0. The number of nitrogens with zero attached hydrogens (tertiary/aromatic N) is 1. The van der Waals surface area contributed by atoms with Crippen molar-refractivity contribution in [1.82, 2.24) is 0 Å². The lowest BCUT2D eigenvalue weighted by atomic mass is 9.63. The zero-order chi connectivity index (χ0) is 14.1. The molecule has 2 aliphatic rings. The second kappa shape index (κ2) is 5.22. The first kappa shape index (κ1) is 13.6. The van der Waals surface area contributed by atoms with Crippen LogP contribution < -0.4 is 0 Å². The number of hydrogen-bond acceptors (Lipinski definition) is 2. The van der Waals surface area contributed by atoms with E-state index in [1.807, 2.05) is 18.2 Å². The minimum atomic E-state index is -0.935. The number of benzene rings is 1. The Balaban J connectivity index is 2.02. The molecule has 2 aliphatic carbocycles. The number of aryl methyl sites for hydroxylation is 1. The normalized spacial score (nSPS) is 29.0. The molecule has 0 heterocycles. The van der Waals surface area contributed by atoms with E-state index >= 15 is 0 Å². The molecule has 1 unspecified atom stereocenters. The van der Waals surface area contributed by atoms with Gasteiger partial charge >= 0.3 is 0 Å². The van der Waals surface area contributed by atoms with E-state index in [0.717, 1.165) is 37.7 Å². The molecule has 0 bridgehead atoms. The third-order valence-electron chi connectivity index (χ3n) is 5.43. The van der Waals surface area contributed by atoms with E-state index in [1.54, 1.807) is 0 Å². The second-order valence-electron chi connectivity index (χ2n) is 6.48. The summed E-state index contributed by atoms with van der Waals surface area (Å²) in [6.07, 6.45) is 9.09. The lowest BCUT2D eigenvalue weighted by Crippen LogP contribution is -2.44. The van der Waals surface area contributed by atoms with Crippen molar-refractivity contribution in [1.29, 1.82) is 5.26 Å². The Labute approximate surface area is 121 Å². The third-order valence-corrected chi connectivity index (χ3v) is 5.43. The van der Waals surface area contributed by atoms with Gasteiger partial charge in [-0.15, -0.1) is 0 Å². The maximum absolute atomic E-state index is 11.4. The topological polar surface area (TPSA) is 44.0 Å². The highest BCUT2D eigenvalue weighted by atomic mass is 16.3. The molecule has 0 aliphatic heterocycles. The molecule has 2 heteroatoms. The molecule has 0 amide bonds. The minimum Gasteiger partial charge on any atom is -0.383 e. The van der Waals surface area contributed by atoms with Crippen LogP contribution in [0.1, 0.15) is 62.5 Å². The van der Waals surface area contributed by atoms with Gasteiger partial charge in [0.1, 0.15) is 5.60 Å². The van der Waals surface area contributed by atoms with E-state index in [1.165, 1.54) is 24.8 Å². The van der Waals surface area contributed by atoms with Gasteiger partial charge in [-0.25, -0.2) is 0 Å². The highest BCUT2D eigenvalue weighted by molar-refractivity contribution is 5.40. The van der Waals surface area contributed by atoms with Crippen molar-refractivity contribution < 1.29 is 5.11 Å². The van der Waals surface area contributed by atoms with Crippen LogP contribution in [0.5, 0.6) is 0 Å². The number of hydrogen-bond donors (Lipinski definition) is 1. The summed E-state index contributed by atoms with van der Waals surface area (Å²) in [5, 5.41) is 21.3. The SMILES string of the molecule is N#CC1(C2(O)CCc3ccccc32)CCCCCCC1. The summed E-state index contributed by atoms with van der Waals surface area (Å²) in [4.78, 5) is 0. The predicted molar refractivity (Wildman–Crippen MR) is 79.0 cm³/mol. The average Bonchev–Trinajstić information content (AvgIpc) is 2.79. The van der Waals surface area contributed by atoms with Crippen LogP contribution in [-0.2, 0) is 12.0 Å². The van der Waals surface area contributed by atoms with Gasteiger partial charge in [0.05, 0.1) is 11.5 Å². The number of aliphatic hydroxyl groups is 1. The van der Waals surface area contributed by atoms with E-state index in [9.17, 15) is 10.4 Å². The van der Waals surface area contributed by atoms with Crippen LogP contribution in [0.3, 0.4) is 0 Å². The van der Waals surface area contributed by atoms with Gasteiger partial charge in [0, 0.05) is 0 Å². The zero-order valence-corrected chi connectivity index (χ0v) is 12.1. The van der Waals surface area contributed by atoms with Crippen molar-refractivity contribution in [3.05, 3.63) is 35.4 Å². The molecule has 0 spiro atoms. The Hall–Kier alpha value is -1.33. The van der Waals surface area contributed by atoms with Crippen molar-refractivity contribution in [3.63, 3.8) is 0 Å². The molecular formula is C18H23NO. The minimum absolute atomic E-state index is 0.583. The average molecular weight is 269 g/mol. The van der Waals surface area contributed by atoms with Crippen LogP contribution in [0.15, 0.2) is 24.3 Å². The molecule has 2 nitrogen and oxygen atoms in total. The smallest absolute Gasteiger partial charge is 0.109 e. The van der Waals surface area contributed by atoms with E-state index in [2.05, 4.69) is 12.1 Å². The Morgan fingerprint density at radius 1 is 0.950 bits per heavy atom. The van der Waals surface area contributed by atoms with Gasteiger partial charge < -0.3 is 5.11 Å². The summed E-state index contributed by atoms with van der Waals surface area (Å²) in [5.41, 5.74) is 0.726. The maximum atomic E-state index is 11.4. The quantitative estimate of drug-likeness (QED) is 0.835. The van der Waals surface area contributed by atoms with Gasteiger partial charge in [0.2, 0.25) is 0 Å². The molecule has 1 aromatic carbocycles. The van der Waals surface area contributed by atoms with Crippen LogP contribution in [-0.4, -0.2) is 5.11 Å². The zero-order valence-electron chi connectivity index (χ0n) is 12.1. The monoisotopic (exact) mass is 269 g/mol. The van der Waals surface area contributed by atoms with Gasteiger partial charge in [-0.1, -0.05) is 56.4 Å². The number of rotatable bonds is 1. The molecule has 1 atom stereocenters. The summed E-state index contributed by atoms with van der Waals surface area (Å²) >= 11 is 0. The van der Waals surface area contributed by atoms with Crippen LogP contribution in [0.4, 0.5) is 0 Å². The standard InChI is InChI=1S/C18H23NO/c19-14-17(11-6-2-1-3-7-12-17)18(20)13-10-15-8-4-5-9-16(15)18/h4-5,8-9,20H,1-3,6-7,10-13H2. The largest absolute Gasteiger partial charge is 0.383 e. The van der Waals surface area contributed by atoms with E-state index in [-0.39, 0.29) is 0 Å². The van der Waals surface area contributed by atoms with Crippen LogP contribution in [0.25, 0.3) is 0 Å². The molecule has 106 valence electrons. The molecule has 0 aromatic heterocycles. The van der Waals surface area contributed by atoms with Gasteiger partial charge in [0.15, 0.2) is 0 Å². The lowest BCUT2D eigenvalue weighted by molar-refractivity contribution is -0.0725. The first-order valence-electron chi connectivity index (χ1n) is 7.94. The first-order chi connectivity index (χ1) is 9.72. The van der Waals surface area contributed by atoms with Crippen molar-refractivity contribution in [3.8, 4) is 6.07 Å². The summed E-state index contributed by atoms with van der Waals surface area (Å²) in [7, 11) is 0. The third kappa shape index (κ3) is 1.96. The Morgan fingerprint density at radius 3 is 2.30 bits per heavy atom. The summed E-state index contributed by atoms with van der Waals surface area (Å²) in [5.74, 6) is 0. The Morgan fingerprint density at radius 2 is 1.60 bits per heavy atom. The van der Waals surface area contributed by atoms with Crippen molar-refractivity contribution in [2.24, 2.45) is 5.41 Å². The fraction of sp³-hybridized carbons (Fsp3) is 0.611. The molecule has 1 aromatic rings. The van der Waals surface area contributed by atoms with E-state index < -0.39 is 11.0 Å². The van der Waals surface area contributed by atoms with Gasteiger partial charge in [-0.05, 0) is 36.8 Å². The first-order valence-corrected chi connectivity index (χ1v) is 7.94.